The van der Waals surface area contributed by atoms with Gasteiger partial charge in [0.05, 0.1) is 11.3 Å². The first kappa shape index (κ1) is 8.47. The van der Waals surface area contributed by atoms with Crippen molar-refractivity contribution in [1.29, 1.82) is 5.26 Å². The summed E-state index contributed by atoms with van der Waals surface area (Å²) < 4.78 is 0. The first-order valence-corrected chi connectivity index (χ1v) is 3.65. The topological polar surface area (TPSA) is 69.5 Å². The summed E-state index contributed by atoms with van der Waals surface area (Å²) in [6, 6.07) is 3.20. The molecule has 1 aromatic heterocycles. The SMILES string of the molecule is CC(C)c1n[nH]c(=O)cc1C#N. The Morgan fingerprint density at radius 2 is 2.33 bits per heavy atom. The van der Waals surface area contributed by atoms with Crippen LogP contribution in [0, 0.1) is 11.3 Å². The zero-order valence-electron chi connectivity index (χ0n) is 6.96. The Balaban J connectivity index is 3.32. The average molecular weight is 163 g/mol. The van der Waals surface area contributed by atoms with Crippen molar-refractivity contribution in [3.63, 3.8) is 0 Å². The van der Waals surface area contributed by atoms with Gasteiger partial charge in [-0.1, -0.05) is 13.8 Å². The van der Waals surface area contributed by atoms with Crippen molar-refractivity contribution in [2.24, 2.45) is 0 Å². The fourth-order valence-electron chi connectivity index (χ4n) is 0.943. The number of nitrogens with zero attached hydrogens (tertiary/aromatic N) is 2. The van der Waals surface area contributed by atoms with Crippen LogP contribution in [0.1, 0.15) is 31.0 Å². The Hall–Kier alpha value is -1.63. The molecule has 0 saturated carbocycles. The monoisotopic (exact) mass is 163 g/mol. The van der Waals surface area contributed by atoms with Gasteiger partial charge < -0.3 is 0 Å². The van der Waals surface area contributed by atoms with Gasteiger partial charge in [0.25, 0.3) is 5.56 Å². The lowest BCUT2D eigenvalue weighted by Crippen LogP contribution is -2.11. The Bertz CT molecular complexity index is 373. The second-order valence-electron chi connectivity index (χ2n) is 2.80. The zero-order chi connectivity index (χ0) is 9.14. The van der Waals surface area contributed by atoms with Gasteiger partial charge in [0.15, 0.2) is 0 Å². The van der Waals surface area contributed by atoms with E-state index in [2.05, 4.69) is 10.2 Å². The van der Waals surface area contributed by atoms with Crippen LogP contribution in [0.5, 0.6) is 0 Å². The molecule has 4 heteroatoms. The van der Waals surface area contributed by atoms with Crippen molar-refractivity contribution in [1.82, 2.24) is 10.2 Å². The third-order valence-electron chi connectivity index (χ3n) is 1.51. The van der Waals surface area contributed by atoms with Crippen molar-refractivity contribution >= 4 is 0 Å². The fraction of sp³-hybridized carbons (Fsp3) is 0.375. The van der Waals surface area contributed by atoms with Gasteiger partial charge >= 0.3 is 0 Å². The highest BCUT2D eigenvalue weighted by molar-refractivity contribution is 5.32. The maximum atomic E-state index is 10.8. The first-order valence-electron chi connectivity index (χ1n) is 3.65. The Kier molecular flexibility index (Phi) is 2.24. The molecule has 0 aliphatic rings. The molecule has 62 valence electrons. The summed E-state index contributed by atoms with van der Waals surface area (Å²) in [5.74, 6) is 0.150. The number of nitriles is 1. The van der Waals surface area contributed by atoms with Crippen LogP contribution in [0.3, 0.4) is 0 Å². The van der Waals surface area contributed by atoms with E-state index in [0.29, 0.717) is 11.3 Å². The Labute approximate surface area is 69.9 Å². The van der Waals surface area contributed by atoms with Gasteiger partial charge in [-0.25, -0.2) is 5.10 Å². The highest BCUT2D eigenvalue weighted by Gasteiger charge is 2.07. The summed E-state index contributed by atoms with van der Waals surface area (Å²) in [6.07, 6.45) is 0. The molecule has 0 amide bonds. The van der Waals surface area contributed by atoms with Gasteiger partial charge in [-0.05, 0) is 5.92 Å². The number of rotatable bonds is 1. The molecule has 4 nitrogen and oxygen atoms in total. The minimum Gasteiger partial charge on any atom is -0.268 e. The van der Waals surface area contributed by atoms with Crippen molar-refractivity contribution in [2.75, 3.05) is 0 Å². The predicted molar refractivity (Wildman–Crippen MR) is 43.7 cm³/mol. The third-order valence-corrected chi connectivity index (χ3v) is 1.51. The van der Waals surface area contributed by atoms with Crippen LogP contribution in [-0.2, 0) is 0 Å². The summed E-state index contributed by atoms with van der Waals surface area (Å²) >= 11 is 0. The van der Waals surface area contributed by atoms with E-state index in [1.807, 2.05) is 19.9 Å². The van der Waals surface area contributed by atoms with E-state index in [4.69, 9.17) is 5.26 Å². The molecule has 0 radical (unpaired) electrons. The number of aromatic amines is 1. The van der Waals surface area contributed by atoms with Crippen molar-refractivity contribution in [3.05, 3.63) is 27.7 Å². The molecular weight excluding hydrogens is 154 g/mol. The lowest BCUT2D eigenvalue weighted by Gasteiger charge is -2.03. The molecule has 0 atom stereocenters. The fourth-order valence-corrected chi connectivity index (χ4v) is 0.943. The molecule has 12 heavy (non-hydrogen) atoms. The van der Waals surface area contributed by atoms with Gasteiger partial charge in [-0.3, -0.25) is 4.79 Å². The van der Waals surface area contributed by atoms with Crippen LogP contribution in [0.15, 0.2) is 10.9 Å². The molecule has 0 aliphatic carbocycles. The summed E-state index contributed by atoms with van der Waals surface area (Å²) in [5, 5.41) is 14.7. The van der Waals surface area contributed by atoms with Gasteiger partial charge in [-0.15, -0.1) is 0 Å². The number of nitrogens with one attached hydrogen (secondary N) is 1. The van der Waals surface area contributed by atoms with Crippen molar-refractivity contribution in [2.45, 2.75) is 19.8 Å². The van der Waals surface area contributed by atoms with E-state index in [9.17, 15) is 4.79 Å². The maximum absolute atomic E-state index is 10.8. The van der Waals surface area contributed by atoms with E-state index in [0.717, 1.165) is 0 Å². The van der Waals surface area contributed by atoms with E-state index >= 15 is 0 Å². The molecule has 0 saturated heterocycles. The molecule has 0 spiro atoms. The number of hydrogen-bond acceptors (Lipinski definition) is 3. The lowest BCUT2D eigenvalue weighted by atomic mass is 10.1. The Morgan fingerprint density at radius 1 is 1.67 bits per heavy atom. The van der Waals surface area contributed by atoms with Crippen LogP contribution in [0.2, 0.25) is 0 Å². The first-order chi connectivity index (χ1) is 5.65. The lowest BCUT2D eigenvalue weighted by molar-refractivity contribution is 0.772. The largest absolute Gasteiger partial charge is 0.268 e. The molecule has 1 heterocycles. The maximum Gasteiger partial charge on any atom is 0.265 e. The minimum absolute atomic E-state index is 0.150. The molecule has 1 N–H and O–H groups in total. The van der Waals surface area contributed by atoms with Gasteiger partial charge in [0.2, 0.25) is 0 Å². The molecule has 1 aromatic rings. The van der Waals surface area contributed by atoms with Gasteiger partial charge in [0, 0.05) is 6.07 Å². The normalized spacial score (nSPS) is 9.83. The molecule has 0 fully saturated rings. The van der Waals surface area contributed by atoms with Crippen LogP contribution in [0.4, 0.5) is 0 Å². The number of H-pyrrole nitrogens is 1. The highest BCUT2D eigenvalue weighted by Crippen LogP contribution is 2.12. The second-order valence-corrected chi connectivity index (χ2v) is 2.80. The van der Waals surface area contributed by atoms with Crippen LogP contribution < -0.4 is 5.56 Å². The summed E-state index contributed by atoms with van der Waals surface area (Å²) in [5.41, 5.74) is 0.654. The van der Waals surface area contributed by atoms with Crippen LogP contribution >= 0.6 is 0 Å². The standard InChI is InChI=1S/C8H9N3O/c1-5(2)8-6(4-9)3-7(12)10-11-8/h3,5H,1-2H3,(H,10,12). The van der Waals surface area contributed by atoms with E-state index < -0.39 is 0 Å². The van der Waals surface area contributed by atoms with Gasteiger partial charge in [0.1, 0.15) is 6.07 Å². The van der Waals surface area contributed by atoms with E-state index in [1.165, 1.54) is 6.07 Å². The predicted octanol–water partition coefficient (Wildman–Crippen LogP) is 0.765. The van der Waals surface area contributed by atoms with Crippen molar-refractivity contribution in [3.8, 4) is 6.07 Å². The molecular formula is C8H9N3O. The van der Waals surface area contributed by atoms with Gasteiger partial charge in [-0.2, -0.15) is 10.4 Å². The molecule has 0 aliphatic heterocycles. The molecule has 0 unspecified atom stereocenters. The number of hydrogen-bond donors (Lipinski definition) is 1. The molecule has 1 rings (SSSR count). The minimum atomic E-state index is -0.337. The quantitative estimate of drug-likeness (QED) is 0.664. The zero-order valence-corrected chi connectivity index (χ0v) is 6.96. The highest BCUT2D eigenvalue weighted by atomic mass is 16.1. The van der Waals surface area contributed by atoms with Crippen molar-refractivity contribution < 1.29 is 0 Å². The molecule has 0 aromatic carbocycles. The van der Waals surface area contributed by atoms with Crippen LogP contribution in [-0.4, -0.2) is 10.2 Å². The third kappa shape index (κ3) is 1.51. The average Bonchev–Trinajstić information content (AvgIpc) is 2.03. The summed E-state index contributed by atoms with van der Waals surface area (Å²) in [4.78, 5) is 10.8. The van der Waals surface area contributed by atoms with Crippen LogP contribution in [0.25, 0.3) is 0 Å². The van der Waals surface area contributed by atoms with E-state index in [1.54, 1.807) is 0 Å². The second kappa shape index (κ2) is 3.18. The summed E-state index contributed by atoms with van der Waals surface area (Å²) in [6.45, 7) is 3.84. The molecule has 0 bridgehead atoms. The smallest absolute Gasteiger partial charge is 0.265 e. The summed E-state index contributed by atoms with van der Waals surface area (Å²) in [7, 11) is 0. The van der Waals surface area contributed by atoms with E-state index in [-0.39, 0.29) is 11.5 Å². The Morgan fingerprint density at radius 3 is 2.83 bits per heavy atom. The number of aromatic nitrogens is 2.